The quantitative estimate of drug-likeness (QED) is 0.801. The second kappa shape index (κ2) is 6.25. The molecule has 0 aromatic heterocycles. The van der Waals surface area contributed by atoms with Gasteiger partial charge in [-0.05, 0) is 18.1 Å². The van der Waals surface area contributed by atoms with E-state index in [1.54, 1.807) is 6.07 Å². The van der Waals surface area contributed by atoms with E-state index in [2.05, 4.69) is 5.32 Å². The van der Waals surface area contributed by atoms with Crippen LogP contribution in [0.1, 0.15) is 18.1 Å². The summed E-state index contributed by atoms with van der Waals surface area (Å²) >= 11 is 5.35. The van der Waals surface area contributed by atoms with Gasteiger partial charge in [0.05, 0.1) is 0 Å². The number of alkyl halides is 1. The van der Waals surface area contributed by atoms with Gasteiger partial charge >= 0.3 is 0 Å². The van der Waals surface area contributed by atoms with Crippen molar-refractivity contribution in [1.82, 2.24) is 5.32 Å². The smallest absolute Gasteiger partial charge is 0.235 e. The lowest BCUT2D eigenvalue weighted by atomic mass is 10.1. The molecule has 5 nitrogen and oxygen atoms in total. The summed E-state index contributed by atoms with van der Waals surface area (Å²) in [5.41, 5.74) is 1.13. The second-order valence-electron chi connectivity index (χ2n) is 4.14. The highest BCUT2D eigenvalue weighted by molar-refractivity contribution is 7.90. The molecule has 2 N–H and O–H groups in total. The van der Waals surface area contributed by atoms with Gasteiger partial charge in [0.15, 0.2) is 9.84 Å². The summed E-state index contributed by atoms with van der Waals surface area (Å²) in [7, 11) is -3.52. The minimum Gasteiger partial charge on any atom is -0.506 e. The van der Waals surface area contributed by atoms with Gasteiger partial charge in [0.2, 0.25) is 5.91 Å². The van der Waals surface area contributed by atoms with Crippen LogP contribution in [-0.4, -0.2) is 31.6 Å². The molecule has 0 heterocycles. The predicted octanol–water partition coefficient (Wildman–Crippen LogP) is 1.21. The highest BCUT2D eigenvalue weighted by atomic mass is 35.5. The Kier molecular flexibility index (Phi) is 5.20. The van der Waals surface area contributed by atoms with Crippen LogP contribution < -0.4 is 5.32 Å². The maximum Gasteiger partial charge on any atom is 0.235 e. The molecule has 0 atom stereocenters. The lowest BCUT2D eigenvalue weighted by Gasteiger charge is -2.12. The first-order valence-corrected chi connectivity index (χ1v) is 8.09. The molecule has 0 spiro atoms. The van der Waals surface area contributed by atoms with Crippen molar-refractivity contribution in [2.24, 2.45) is 0 Å². The van der Waals surface area contributed by atoms with E-state index in [1.165, 1.54) is 6.07 Å². The van der Waals surface area contributed by atoms with Gasteiger partial charge in [0.1, 0.15) is 16.5 Å². The Labute approximate surface area is 117 Å². The van der Waals surface area contributed by atoms with Crippen molar-refractivity contribution in [3.05, 3.63) is 23.3 Å². The molecule has 0 bridgehead atoms. The van der Waals surface area contributed by atoms with E-state index >= 15 is 0 Å². The Hall–Kier alpha value is -1.27. The van der Waals surface area contributed by atoms with Gasteiger partial charge in [0, 0.05) is 18.4 Å². The van der Waals surface area contributed by atoms with E-state index in [1.807, 2.05) is 6.92 Å². The predicted molar refractivity (Wildman–Crippen MR) is 73.2 cm³/mol. The van der Waals surface area contributed by atoms with Crippen LogP contribution in [0.4, 0.5) is 0 Å². The largest absolute Gasteiger partial charge is 0.506 e. The zero-order chi connectivity index (χ0) is 14.6. The normalized spacial score (nSPS) is 11.3. The third kappa shape index (κ3) is 4.11. The summed E-state index contributed by atoms with van der Waals surface area (Å²) in [6.45, 7) is 1.91. The van der Waals surface area contributed by atoms with Crippen LogP contribution in [0.25, 0.3) is 0 Å². The molecular formula is C12H16ClNO4S. The van der Waals surface area contributed by atoms with Gasteiger partial charge in [-0.15, -0.1) is 11.6 Å². The standard InChI is InChI=1S/C12H16ClNO4S/c1-3-8-4-9(7-14-11(15)6-13)12(16)10(5-8)19(2,17)18/h4-5,16H,3,6-7H2,1-2H3,(H,14,15). The van der Waals surface area contributed by atoms with E-state index in [-0.39, 0.29) is 29.0 Å². The molecule has 7 heteroatoms. The Morgan fingerprint density at radius 1 is 1.42 bits per heavy atom. The second-order valence-corrected chi connectivity index (χ2v) is 6.39. The SMILES string of the molecule is CCc1cc(CNC(=O)CCl)c(O)c(S(C)(=O)=O)c1. The average molecular weight is 306 g/mol. The van der Waals surface area contributed by atoms with E-state index in [9.17, 15) is 18.3 Å². The zero-order valence-electron chi connectivity index (χ0n) is 10.7. The van der Waals surface area contributed by atoms with Gasteiger partial charge in [-0.1, -0.05) is 13.0 Å². The minimum absolute atomic E-state index is 0.0355. The number of amides is 1. The van der Waals surface area contributed by atoms with Gasteiger partial charge in [-0.3, -0.25) is 4.79 Å². The first kappa shape index (κ1) is 15.8. The third-order valence-electron chi connectivity index (χ3n) is 2.62. The first-order valence-electron chi connectivity index (χ1n) is 5.67. The number of phenolic OH excluding ortho intramolecular Hbond substituents is 1. The number of phenols is 1. The van der Waals surface area contributed by atoms with Crippen LogP contribution in [0.3, 0.4) is 0 Å². The fourth-order valence-electron chi connectivity index (χ4n) is 1.59. The lowest BCUT2D eigenvalue weighted by Crippen LogP contribution is -2.24. The number of carbonyl (C=O) groups excluding carboxylic acids is 1. The molecule has 106 valence electrons. The fourth-order valence-corrected chi connectivity index (χ4v) is 2.53. The highest BCUT2D eigenvalue weighted by Gasteiger charge is 2.18. The van der Waals surface area contributed by atoms with Crippen molar-refractivity contribution in [2.75, 3.05) is 12.1 Å². The molecule has 0 aliphatic rings. The monoisotopic (exact) mass is 305 g/mol. The van der Waals surface area contributed by atoms with Crippen molar-refractivity contribution in [1.29, 1.82) is 0 Å². The molecule has 0 aliphatic carbocycles. The van der Waals surface area contributed by atoms with Crippen LogP contribution in [0.5, 0.6) is 5.75 Å². The van der Waals surface area contributed by atoms with E-state index in [0.717, 1.165) is 11.8 Å². The van der Waals surface area contributed by atoms with E-state index in [4.69, 9.17) is 11.6 Å². The van der Waals surface area contributed by atoms with Crippen LogP contribution in [-0.2, 0) is 27.6 Å². The van der Waals surface area contributed by atoms with Crippen LogP contribution in [0, 0.1) is 0 Å². The molecule has 0 unspecified atom stereocenters. The molecular weight excluding hydrogens is 290 g/mol. The van der Waals surface area contributed by atoms with Crippen LogP contribution in [0.2, 0.25) is 0 Å². The average Bonchev–Trinajstić information content (AvgIpc) is 2.35. The summed E-state index contributed by atoms with van der Waals surface area (Å²) in [6.07, 6.45) is 1.65. The summed E-state index contributed by atoms with van der Waals surface area (Å²) in [5.74, 6) is -0.897. The van der Waals surface area contributed by atoms with Crippen molar-refractivity contribution >= 4 is 27.3 Å². The van der Waals surface area contributed by atoms with Gasteiger partial charge in [0.25, 0.3) is 0 Å². The Morgan fingerprint density at radius 3 is 2.53 bits per heavy atom. The van der Waals surface area contributed by atoms with Gasteiger partial charge < -0.3 is 10.4 Å². The number of halogens is 1. The van der Waals surface area contributed by atoms with Crippen molar-refractivity contribution in [2.45, 2.75) is 24.8 Å². The Bertz CT molecular complexity index is 584. The Morgan fingerprint density at radius 2 is 2.05 bits per heavy atom. The lowest BCUT2D eigenvalue weighted by molar-refractivity contribution is -0.118. The number of hydrogen-bond donors (Lipinski definition) is 2. The maximum atomic E-state index is 11.6. The molecule has 19 heavy (non-hydrogen) atoms. The molecule has 0 fully saturated rings. The first-order chi connectivity index (χ1) is 8.79. The highest BCUT2D eigenvalue weighted by Crippen LogP contribution is 2.29. The summed E-state index contributed by atoms with van der Waals surface area (Å²) in [4.78, 5) is 11.0. The number of aryl methyl sites for hydroxylation is 1. The number of rotatable bonds is 5. The Balaban J connectivity index is 3.20. The molecule has 0 saturated carbocycles. The van der Waals surface area contributed by atoms with Gasteiger partial charge in [-0.25, -0.2) is 8.42 Å². The molecule has 1 rings (SSSR count). The molecule has 0 aliphatic heterocycles. The topological polar surface area (TPSA) is 83.5 Å². The summed E-state index contributed by atoms with van der Waals surface area (Å²) in [6, 6.07) is 3.11. The van der Waals surface area contributed by atoms with Crippen molar-refractivity contribution in [3.63, 3.8) is 0 Å². The van der Waals surface area contributed by atoms with E-state index in [0.29, 0.717) is 12.0 Å². The minimum atomic E-state index is -3.52. The summed E-state index contributed by atoms with van der Waals surface area (Å²) < 4.78 is 23.2. The van der Waals surface area contributed by atoms with Crippen molar-refractivity contribution in [3.8, 4) is 5.75 Å². The van der Waals surface area contributed by atoms with E-state index < -0.39 is 9.84 Å². The number of sulfone groups is 1. The van der Waals surface area contributed by atoms with Crippen LogP contribution >= 0.6 is 11.6 Å². The number of carbonyl (C=O) groups is 1. The third-order valence-corrected chi connectivity index (χ3v) is 3.97. The number of benzene rings is 1. The maximum absolute atomic E-state index is 11.6. The summed E-state index contributed by atoms with van der Waals surface area (Å²) in [5, 5.41) is 12.5. The number of aromatic hydroxyl groups is 1. The van der Waals surface area contributed by atoms with Crippen LogP contribution in [0.15, 0.2) is 17.0 Å². The fraction of sp³-hybridized carbons (Fsp3) is 0.417. The number of nitrogens with one attached hydrogen (secondary N) is 1. The van der Waals surface area contributed by atoms with Gasteiger partial charge in [-0.2, -0.15) is 0 Å². The van der Waals surface area contributed by atoms with Crippen molar-refractivity contribution < 1.29 is 18.3 Å². The zero-order valence-corrected chi connectivity index (χ0v) is 12.3. The molecule has 1 amide bonds. The number of hydrogen-bond acceptors (Lipinski definition) is 4. The molecule has 0 saturated heterocycles. The molecule has 1 aromatic rings. The molecule has 0 radical (unpaired) electrons. The molecule has 1 aromatic carbocycles.